The monoisotopic (exact) mass is 772 g/mol. The van der Waals surface area contributed by atoms with Crippen molar-refractivity contribution in [3.63, 3.8) is 0 Å². The Labute approximate surface area is 347 Å². The van der Waals surface area contributed by atoms with Gasteiger partial charge in [0.05, 0.1) is 13.8 Å². The first-order valence-electron chi connectivity index (χ1n) is 20.7. The number of para-hydroxylation sites is 1. The molecule has 59 heavy (non-hydrogen) atoms. The van der Waals surface area contributed by atoms with Gasteiger partial charge in [0.2, 0.25) is 0 Å². The number of rotatable bonds is 7. The molecule has 0 saturated carbocycles. The molecule has 0 bridgehead atoms. The molecule has 0 spiro atoms. The Bertz CT molecular complexity index is 3630. The Morgan fingerprint density at radius 2 is 1.20 bits per heavy atom. The van der Waals surface area contributed by atoms with Crippen LogP contribution in [0.3, 0.4) is 0 Å². The summed E-state index contributed by atoms with van der Waals surface area (Å²) >= 11 is 1.71. The third kappa shape index (κ3) is 5.66. The zero-order valence-corrected chi connectivity index (χ0v) is 32.5. The molecule has 0 unspecified atom stereocenters. The lowest BCUT2D eigenvalue weighted by molar-refractivity contribution is 1.16. The van der Waals surface area contributed by atoms with Crippen molar-refractivity contribution in [2.45, 2.75) is 0 Å². The molecule has 12 aromatic rings. The minimum Gasteiger partial charge on any atom is -0.309 e. The summed E-state index contributed by atoms with van der Waals surface area (Å²) in [7, 11) is 0. The van der Waals surface area contributed by atoms with Crippen molar-refractivity contribution in [3.8, 4) is 16.8 Å². The van der Waals surface area contributed by atoms with Crippen LogP contribution in [-0.4, -0.2) is 14.5 Å². The van der Waals surface area contributed by atoms with E-state index in [0.717, 1.165) is 70.7 Å². The summed E-state index contributed by atoms with van der Waals surface area (Å²) in [6, 6.07) is 61.7. The summed E-state index contributed by atoms with van der Waals surface area (Å²) in [5, 5.41) is 9.42. The molecule has 5 heteroatoms. The van der Waals surface area contributed by atoms with Crippen LogP contribution in [0.25, 0.3) is 92.4 Å². The van der Waals surface area contributed by atoms with Gasteiger partial charge >= 0.3 is 0 Å². The first kappa shape index (κ1) is 31.5. The Morgan fingerprint density at radius 1 is 0.492 bits per heavy atom. The molecule has 0 atom stereocenters. The van der Waals surface area contributed by atoms with Crippen LogP contribution in [0.5, 0.6) is 0 Å². The van der Waals surface area contributed by atoms with Gasteiger partial charge < -0.3 is 4.57 Å². The zero-order valence-electron chi connectivity index (χ0n) is 33.7. The van der Waals surface area contributed by atoms with E-state index in [0.29, 0.717) is 0 Å². The second-order valence-electron chi connectivity index (χ2n) is 15.0. The number of hydrogen-bond acceptors (Lipinski definition) is 4. The highest BCUT2D eigenvalue weighted by molar-refractivity contribution is 7.25. The lowest BCUT2D eigenvalue weighted by atomic mass is 9.95. The molecule has 0 N–H and O–H groups in total. The maximum absolute atomic E-state index is 9.20. The molecule has 0 aliphatic carbocycles. The fraction of sp³-hybridized carbons (Fsp3) is 0. The van der Waals surface area contributed by atoms with Gasteiger partial charge in [-0.05, 0) is 129 Å². The summed E-state index contributed by atoms with van der Waals surface area (Å²) < 4.78 is 23.0. The smallest absolute Gasteiger partial charge is 0.137 e. The van der Waals surface area contributed by atoms with Crippen molar-refractivity contribution in [2.75, 3.05) is 4.90 Å². The number of anilines is 3. The maximum atomic E-state index is 9.20. The van der Waals surface area contributed by atoms with E-state index < -0.39 is 0 Å². The Morgan fingerprint density at radius 3 is 2.07 bits per heavy atom. The summed E-state index contributed by atoms with van der Waals surface area (Å²) in [5.74, 6) is 0.849. The van der Waals surface area contributed by atoms with Crippen molar-refractivity contribution in [3.05, 3.63) is 206 Å². The van der Waals surface area contributed by atoms with Gasteiger partial charge in [0.25, 0.3) is 0 Å². The normalized spacial score (nSPS) is 12.8. The van der Waals surface area contributed by atoms with Crippen molar-refractivity contribution >= 4 is 104 Å². The highest BCUT2D eigenvalue weighted by atomic mass is 32.1. The van der Waals surface area contributed by atoms with E-state index in [1.807, 2.05) is 73.2 Å². The molecule has 0 saturated heterocycles. The van der Waals surface area contributed by atoms with Crippen LogP contribution in [0.4, 0.5) is 17.2 Å². The first-order valence-corrected chi connectivity index (χ1v) is 20.5. The molecule has 0 radical (unpaired) electrons. The fourth-order valence-electron chi connectivity index (χ4n) is 8.74. The highest BCUT2D eigenvalue weighted by Crippen LogP contribution is 2.43. The van der Waals surface area contributed by atoms with E-state index in [9.17, 15) is 2.74 Å². The molecule has 4 nitrogen and oxygen atoms in total. The molecular formula is C54H34N4S. The molecule has 4 aromatic heterocycles. The van der Waals surface area contributed by atoms with Crippen molar-refractivity contribution in [1.82, 2.24) is 14.5 Å². The van der Waals surface area contributed by atoms with Gasteiger partial charge in [-0.2, -0.15) is 0 Å². The maximum Gasteiger partial charge on any atom is 0.137 e. The average molecular weight is 773 g/mol. The molecule has 12 rings (SSSR count). The molecule has 276 valence electrons. The highest BCUT2D eigenvalue weighted by Gasteiger charge is 2.19. The first-order chi connectivity index (χ1) is 30.1. The van der Waals surface area contributed by atoms with E-state index in [1.54, 1.807) is 11.3 Å². The van der Waals surface area contributed by atoms with Crippen LogP contribution in [0.2, 0.25) is 0 Å². The van der Waals surface area contributed by atoms with Gasteiger partial charge in [0.1, 0.15) is 5.82 Å². The van der Waals surface area contributed by atoms with Crippen LogP contribution in [0.15, 0.2) is 195 Å². The van der Waals surface area contributed by atoms with Gasteiger partial charge in [0.15, 0.2) is 0 Å². The van der Waals surface area contributed by atoms with E-state index >= 15 is 0 Å². The fourth-order valence-corrected chi connectivity index (χ4v) is 9.92. The van der Waals surface area contributed by atoms with Crippen molar-refractivity contribution in [2.24, 2.45) is 0 Å². The topological polar surface area (TPSA) is 34.0 Å². The van der Waals surface area contributed by atoms with E-state index in [-0.39, 0.29) is 12.1 Å². The summed E-state index contributed by atoms with van der Waals surface area (Å²) in [6.07, 6.45) is 5.52. The van der Waals surface area contributed by atoms with E-state index in [1.165, 1.54) is 38.0 Å². The average Bonchev–Trinajstić information content (AvgIpc) is 3.86. The molecular weight excluding hydrogens is 737 g/mol. The molecule has 0 aliphatic heterocycles. The third-order valence-electron chi connectivity index (χ3n) is 11.5. The summed E-state index contributed by atoms with van der Waals surface area (Å²) in [5.41, 5.74) is 9.21. The molecule has 8 aromatic carbocycles. The molecule has 4 heterocycles. The molecule has 0 aliphatic rings. The largest absolute Gasteiger partial charge is 0.309 e. The minimum atomic E-state index is 0.197. The predicted octanol–water partition coefficient (Wildman–Crippen LogP) is 15.0. The van der Waals surface area contributed by atoms with Gasteiger partial charge in [-0.3, -0.25) is 9.88 Å². The number of benzene rings is 8. The summed E-state index contributed by atoms with van der Waals surface area (Å²) in [4.78, 5) is 11.1. The van der Waals surface area contributed by atoms with Gasteiger partial charge in [-0.15, -0.1) is 11.3 Å². The van der Waals surface area contributed by atoms with Gasteiger partial charge in [0, 0.05) is 66.6 Å². The minimum absolute atomic E-state index is 0.197. The number of fused-ring (bicyclic) bond motifs is 4. The van der Waals surface area contributed by atoms with Crippen LogP contribution < -0.4 is 4.90 Å². The standard InChI is InChI=1S/C54H34N4S/c1-2-8-43(9-3-1)57(52-11-4-5-26-56-52)45-21-23-47-46-22-15-36(30-50(46)59-51(47)34-45)13-12-35-14-16-39-31-40(19-18-38(39)29-35)42-32-41-20-17-37-7-6-10-48-53(37)54(41)49(33-42)58(48)44-24-27-55-28-25-44/h1-34H/b13-12+/i12D,13D. The molecule has 0 fully saturated rings. The quantitative estimate of drug-likeness (QED) is 0.119. The third-order valence-corrected chi connectivity index (χ3v) is 12.6. The number of hydrogen-bond donors (Lipinski definition) is 0. The Balaban J connectivity index is 0.884. The van der Waals surface area contributed by atoms with Crippen LogP contribution in [-0.2, 0) is 0 Å². The number of thiophene rings is 1. The lowest BCUT2D eigenvalue weighted by Gasteiger charge is -2.24. The Kier molecular flexibility index (Phi) is 7.21. The number of pyridine rings is 2. The van der Waals surface area contributed by atoms with E-state index in [2.05, 4.69) is 141 Å². The van der Waals surface area contributed by atoms with Crippen LogP contribution in [0.1, 0.15) is 13.9 Å². The second-order valence-corrected chi connectivity index (χ2v) is 16.0. The SMILES string of the molecule is [2H]/C(=C(/[2H])c1ccc2c(c1)sc1cc(N(c3ccccc3)c3ccccn3)ccc12)c1ccc2cc(-c3cc4ccc5cccc6c5c4c(c3)n6-c3ccncc3)ccc2c1. The Hall–Kier alpha value is -7.60. The number of aromatic nitrogens is 3. The van der Waals surface area contributed by atoms with E-state index in [4.69, 9.17) is 0 Å². The number of nitrogens with zero attached hydrogens (tertiary/aromatic N) is 4. The zero-order chi connectivity index (χ0) is 40.6. The molecule has 0 amide bonds. The van der Waals surface area contributed by atoms with Gasteiger partial charge in [-0.25, -0.2) is 4.98 Å². The van der Waals surface area contributed by atoms with Crippen LogP contribution in [0, 0.1) is 0 Å². The van der Waals surface area contributed by atoms with Crippen molar-refractivity contribution < 1.29 is 2.74 Å². The van der Waals surface area contributed by atoms with Gasteiger partial charge in [-0.1, -0.05) is 103 Å². The van der Waals surface area contributed by atoms with Crippen molar-refractivity contribution in [1.29, 1.82) is 0 Å². The lowest BCUT2D eigenvalue weighted by Crippen LogP contribution is -2.10. The second kappa shape index (κ2) is 13.5. The summed E-state index contributed by atoms with van der Waals surface area (Å²) in [6.45, 7) is 0. The van der Waals surface area contributed by atoms with Crippen LogP contribution >= 0.6 is 11.3 Å². The predicted molar refractivity (Wildman–Crippen MR) is 251 cm³/mol.